The van der Waals surface area contributed by atoms with Crippen molar-refractivity contribution in [3.8, 4) is 0 Å². The third-order valence-corrected chi connectivity index (χ3v) is 3.44. The van der Waals surface area contributed by atoms with Crippen molar-refractivity contribution < 1.29 is 0 Å². The Kier molecular flexibility index (Phi) is 5.15. The van der Waals surface area contributed by atoms with Gasteiger partial charge in [-0.25, -0.2) is 0 Å². The lowest BCUT2D eigenvalue weighted by Crippen LogP contribution is -2.43. The average Bonchev–Trinajstić information content (AvgIpc) is 2.70. The smallest absolute Gasteiger partial charge is 0.0538 e. The minimum absolute atomic E-state index is 0.105. The molecule has 4 heteroatoms. The van der Waals surface area contributed by atoms with Crippen molar-refractivity contribution >= 4 is 0 Å². The molecular formula is C13H26N4. The molecule has 0 saturated heterocycles. The number of aromatic nitrogens is 2. The standard InChI is InChI=1S/C13H26N4/c1-6-10(3)17(7-2)13(11(4)14)12-8-15-16(5)9-12/h8-11,13H,6-7,14H2,1-5H3. The first kappa shape index (κ1) is 14.2. The number of likely N-dealkylation sites (N-methyl/N-ethyl adjacent to an activating group) is 1. The van der Waals surface area contributed by atoms with E-state index < -0.39 is 0 Å². The van der Waals surface area contributed by atoms with Crippen LogP contribution < -0.4 is 5.73 Å². The van der Waals surface area contributed by atoms with Gasteiger partial charge in [0.05, 0.1) is 12.2 Å². The SMILES string of the molecule is CCC(C)N(CC)C(c1cnn(C)c1)C(C)N. The molecule has 0 aliphatic carbocycles. The topological polar surface area (TPSA) is 47.1 Å². The summed E-state index contributed by atoms with van der Waals surface area (Å²) in [5, 5.41) is 4.26. The molecule has 0 aliphatic heterocycles. The van der Waals surface area contributed by atoms with Crippen LogP contribution in [0.25, 0.3) is 0 Å². The summed E-state index contributed by atoms with van der Waals surface area (Å²) >= 11 is 0. The second-order valence-electron chi connectivity index (χ2n) is 4.84. The van der Waals surface area contributed by atoms with Crippen LogP contribution in [0.3, 0.4) is 0 Å². The van der Waals surface area contributed by atoms with Gasteiger partial charge in [0.1, 0.15) is 0 Å². The molecule has 2 N–H and O–H groups in total. The average molecular weight is 238 g/mol. The quantitative estimate of drug-likeness (QED) is 0.823. The Morgan fingerprint density at radius 2 is 2.06 bits per heavy atom. The van der Waals surface area contributed by atoms with E-state index in [2.05, 4.69) is 43.9 Å². The summed E-state index contributed by atoms with van der Waals surface area (Å²) in [5.74, 6) is 0. The van der Waals surface area contributed by atoms with Crippen molar-refractivity contribution in [2.24, 2.45) is 12.8 Å². The van der Waals surface area contributed by atoms with Crippen LogP contribution in [0.5, 0.6) is 0 Å². The second-order valence-corrected chi connectivity index (χ2v) is 4.84. The van der Waals surface area contributed by atoms with Crippen molar-refractivity contribution in [1.29, 1.82) is 0 Å². The van der Waals surface area contributed by atoms with E-state index in [1.807, 2.05) is 17.9 Å². The predicted molar refractivity (Wildman–Crippen MR) is 71.7 cm³/mol. The third-order valence-electron chi connectivity index (χ3n) is 3.44. The molecule has 0 fully saturated rings. The summed E-state index contributed by atoms with van der Waals surface area (Å²) in [6, 6.07) is 0.896. The van der Waals surface area contributed by atoms with Gasteiger partial charge in [-0.15, -0.1) is 0 Å². The van der Waals surface area contributed by atoms with Crippen molar-refractivity contribution in [2.75, 3.05) is 6.54 Å². The minimum Gasteiger partial charge on any atom is -0.326 e. The van der Waals surface area contributed by atoms with Gasteiger partial charge in [0, 0.05) is 30.9 Å². The largest absolute Gasteiger partial charge is 0.326 e. The molecule has 17 heavy (non-hydrogen) atoms. The fourth-order valence-corrected chi connectivity index (χ4v) is 2.41. The first-order valence-corrected chi connectivity index (χ1v) is 6.51. The lowest BCUT2D eigenvalue weighted by Gasteiger charge is -2.37. The van der Waals surface area contributed by atoms with Crippen LogP contribution in [-0.2, 0) is 7.05 Å². The highest BCUT2D eigenvalue weighted by molar-refractivity contribution is 5.13. The molecule has 3 atom stereocenters. The zero-order chi connectivity index (χ0) is 13.0. The van der Waals surface area contributed by atoms with E-state index in [-0.39, 0.29) is 12.1 Å². The maximum Gasteiger partial charge on any atom is 0.0538 e. The number of nitrogens with zero attached hydrogens (tertiary/aromatic N) is 3. The van der Waals surface area contributed by atoms with Crippen LogP contribution in [0.4, 0.5) is 0 Å². The molecule has 1 aromatic rings. The normalized spacial score (nSPS) is 17.1. The van der Waals surface area contributed by atoms with Crippen molar-refractivity contribution in [3.05, 3.63) is 18.0 Å². The highest BCUT2D eigenvalue weighted by Gasteiger charge is 2.26. The molecule has 0 radical (unpaired) electrons. The Balaban J connectivity index is 2.99. The summed E-state index contributed by atoms with van der Waals surface area (Å²) in [7, 11) is 1.95. The van der Waals surface area contributed by atoms with Gasteiger partial charge in [-0.2, -0.15) is 5.10 Å². The second kappa shape index (κ2) is 6.17. The lowest BCUT2D eigenvalue weighted by atomic mass is 10.00. The van der Waals surface area contributed by atoms with Crippen molar-refractivity contribution in [3.63, 3.8) is 0 Å². The van der Waals surface area contributed by atoms with E-state index in [1.54, 1.807) is 0 Å². The summed E-state index contributed by atoms with van der Waals surface area (Å²) < 4.78 is 1.84. The maximum absolute atomic E-state index is 6.17. The fraction of sp³-hybridized carbons (Fsp3) is 0.769. The summed E-state index contributed by atoms with van der Waals surface area (Å²) in [6.07, 6.45) is 5.13. The van der Waals surface area contributed by atoms with Crippen molar-refractivity contribution in [1.82, 2.24) is 14.7 Å². The fourth-order valence-electron chi connectivity index (χ4n) is 2.41. The highest BCUT2D eigenvalue weighted by Crippen LogP contribution is 2.25. The Bertz CT molecular complexity index is 332. The Hall–Kier alpha value is -0.870. The van der Waals surface area contributed by atoms with E-state index in [0.29, 0.717) is 6.04 Å². The van der Waals surface area contributed by atoms with Gasteiger partial charge in [-0.1, -0.05) is 13.8 Å². The van der Waals surface area contributed by atoms with Crippen LogP contribution in [0.2, 0.25) is 0 Å². The van der Waals surface area contributed by atoms with Gasteiger partial charge in [0.15, 0.2) is 0 Å². The molecule has 0 saturated carbocycles. The molecule has 1 rings (SSSR count). The molecule has 98 valence electrons. The molecular weight excluding hydrogens is 212 g/mol. The van der Waals surface area contributed by atoms with Gasteiger partial charge in [-0.05, 0) is 26.8 Å². The Labute approximate surface area is 105 Å². The predicted octanol–water partition coefficient (Wildman–Crippen LogP) is 1.93. The van der Waals surface area contributed by atoms with Gasteiger partial charge in [0.2, 0.25) is 0 Å². The van der Waals surface area contributed by atoms with Gasteiger partial charge >= 0.3 is 0 Å². The van der Waals surface area contributed by atoms with E-state index in [0.717, 1.165) is 13.0 Å². The number of rotatable bonds is 6. The molecule has 4 nitrogen and oxygen atoms in total. The molecule has 0 spiro atoms. The monoisotopic (exact) mass is 238 g/mol. The number of hydrogen-bond acceptors (Lipinski definition) is 3. The van der Waals surface area contributed by atoms with Crippen molar-refractivity contribution in [2.45, 2.75) is 52.2 Å². The van der Waals surface area contributed by atoms with Crippen LogP contribution in [0, 0.1) is 0 Å². The minimum atomic E-state index is 0.105. The third kappa shape index (κ3) is 3.30. The van der Waals surface area contributed by atoms with Gasteiger partial charge in [-0.3, -0.25) is 9.58 Å². The molecule has 1 aromatic heterocycles. The first-order chi connectivity index (χ1) is 8.01. The van der Waals surface area contributed by atoms with Crippen LogP contribution in [0.1, 0.15) is 45.7 Å². The number of nitrogens with two attached hydrogens (primary N) is 1. The zero-order valence-electron chi connectivity index (χ0n) is 11.7. The van der Waals surface area contributed by atoms with E-state index in [9.17, 15) is 0 Å². The first-order valence-electron chi connectivity index (χ1n) is 6.51. The zero-order valence-corrected chi connectivity index (χ0v) is 11.7. The lowest BCUT2D eigenvalue weighted by molar-refractivity contribution is 0.131. The van der Waals surface area contributed by atoms with E-state index in [4.69, 9.17) is 5.73 Å². The molecule has 3 unspecified atom stereocenters. The van der Waals surface area contributed by atoms with Crippen LogP contribution >= 0.6 is 0 Å². The summed E-state index contributed by atoms with van der Waals surface area (Å²) in [6.45, 7) is 9.75. The van der Waals surface area contributed by atoms with Crippen LogP contribution in [-0.4, -0.2) is 33.3 Å². The Morgan fingerprint density at radius 3 is 2.41 bits per heavy atom. The molecule has 0 aromatic carbocycles. The summed E-state index contributed by atoms with van der Waals surface area (Å²) in [4.78, 5) is 2.46. The van der Waals surface area contributed by atoms with E-state index >= 15 is 0 Å². The molecule has 0 amide bonds. The number of aryl methyl sites for hydroxylation is 1. The highest BCUT2D eigenvalue weighted by atomic mass is 15.3. The summed E-state index contributed by atoms with van der Waals surface area (Å²) in [5.41, 5.74) is 7.38. The molecule has 0 bridgehead atoms. The number of hydrogen-bond donors (Lipinski definition) is 1. The maximum atomic E-state index is 6.17. The van der Waals surface area contributed by atoms with E-state index in [1.165, 1.54) is 5.56 Å². The molecule has 1 heterocycles. The van der Waals surface area contributed by atoms with Gasteiger partial charge in [0.25, 0.3) is 0 Å². The van der Waals surface area contributed by atoms with Gasteiger partial charge < -0.3 is 5.73 Å². The van der Waals surface area contributed by atoms with Crippen LogP contribution in [0.15, 0.2) is 12.4 Å². The molecule has 0 aliphatic rings. The Morgan fingerprint density at radius 1 is 1.41 bits per heavy atom.